The van der Waals surface area contributed by atoms with Crippen LogP contribution in [0.15, 0.2) is 0 Å². The number of aliphatic carboxylic acids is 1. The van der Waals surface area contributed by atoms with E-state index in [1.54, 1.807) is 6.92 Å². The molecule has 1 aliphatic carbocycles. The van der Waals surface area contributed by atoms with Crippen molar-refractivity contribution in [2.75, 3.05) is 19.6 Å². The van der Waals surface area contributed by atoms with Gasteiger partial charge < -0.3 is 10.4 Å². The van der Waals surface area contributed by atoms with E-state index in [4.69, 9.17) is 5.11 Å². The molecule has 2 fully saturated rings. The van der Waals surface area contributed by atoms with Gasteiger partial charge in [-0.2, -0.15) is 0 Å². The zero-order chi connectivity index (χ0) is 12.5. The monoisotopic (exact) mass is 240 g/mol. The molecule has 0 aromatic rings. The average molecular weight is 240 g/mol. The maximum absolute atomic E-state index is 11.6. The Bertz CT molecular complexity index is 318. The van der Waals surface area contributed by atoms with Gasteiger partial charge in [-0.1, -0.05) is 0 Å². The van der Waals surface area contributed by atoms with Gasteiger partial charge in [0.05, 0.1) is 12.0 Å². The van der Waals surface area contributed by atoms with Crippen molar-refractivity contribution in [2.45, 2.75) is 38.6 Å². The summed E-state index contributed by atoms with van der Waals surface area (Å²) >= 11 is 0. The summed E-state index contributed by atoms with van der Waals surface area (Å²) in [6.07, 6.45) is 3.45. The highest BCUT2D eigenvalue weighted by atomic mass is 16.4. The van der Waals surface area contributed by atoms with Gasteiger partial charge in [0.15, 0.2) is 0 Å². The maximum Gasteiger partial charge on any atom is 0.309 e. The fourth-order valence-corrected chi connectivity index (χ4v) is 2.12. The molecule has 1 amide bonds. The molecule has 0 radical (unpaired) electrons. The first-order chi connectivity index (χ1) is 7.99. The number of amides is 1. The molecule has 0 atom stereocenters. The lowest BCUT2D eigenvalue weighted by Crippen LogP contribution is -2.46. The van der Waals surface area contributed by atoms with Gasteiger partial charge >= 0.3 is 5.97 Å². The van der Waals surface area contributed by atoms with Crippen LogP contribution in [-0.2, 0) is 9.59 Å². The predicted octanol–water partition coefficient (Wildman–Crippen LogP) is 0.452. The number of carbonyl (C=O) groups is 2. The van der Waals surface area contributed by atoms with E-state index in [0.717, 1.165) is 12.8 Å². The molecular weight excluding hydrogens is 220 g/mol. The van der Waals surface area contributed by atoms with Crippen molar-refractivity contribution >= 4 is 11.9 Å². The van der Waals surface area contributed by atoms with Crippen LogP contribution in [0.5, 0.6) is 0 Å². The molecule has 0 unspecified atom stereocenters. The molecule has 2 N–H and O–H groups in total. The number of piperidine rings is 1. The number of carbonyl (C=O) groups excluding carboxylic acids is 1. The van der Waals surface area contributed by atoms with E-state index in [-0.39, 0.29) is 5.91 Å². The third-order valence-electron chi connectivity index (χ3n) is 3.79. The molecule has 0 bridgehead atoms. The van der Waals surface area contributed by atoms with E-state index in [0.29, 0.717) is 38.5 Å². The fraction of sp³-hybridized carbons (Fsp3) is 0.833. The van der Waals surface area contributed by atoms with Crippen LogP contribution in [0.2, 0.25) is 0 Å². The first-order valence-corrected chi connectivity index (χ1v) is 6.25. The number of hydrogen-bond donors (Lipinski definition) is 2. The third kappa shape index (κ3) is 3.19. The topological polar surface area (TPSA) is 69.6 Å². The molecule has 1 heterocycles. The van der Waals surface area contributed by atoms with E-state index in [9.17, 15) is 9.59 Å². The normalized spacial score (nSPS) is 24.3. The van der Waals surface area contributed by atoms with E-state index in [1.165, 1.54) is 0 Å². The predicted molar refractivity (Wildman–Crippen MR) is 62.6 cm³/mol. The zero-order valence-corrected chi connectivity index (χ0v) is 10.2. The average Bonchev–Trinajstić information content (AvgIpc) is 3.05. The van der Waals surface area contributed by atoms with Crippen molar-refractivity contribution in [1.29, 1.82) is 0 Å². The fourth-order valence-electron chi connectivity index (χ4n) is 2.12. The summed E-state index contributed by atoms with van der Waals surface area (Å²) in [4.78, 5) is 24.7. The minimum absolute atomic E-state index is 0.0754. The first-order valence-electron chi connectivity index (χ1n) is 6.25. The van der Waals surface area contributed by atoms with E-state index in [2.05, 4.69) is 5.32 Å². The third-order valence-corrected chi connectivity index (χ3v) is 3.79. The van der Waals surface area contributed by atoms with Crippen molar-refractivity contribution in [1.82, 2.24) is 10.2 Å². The molecule has 96 valence electrons. The lowest BCUT2D eigenvalue weighted by molar-refractivity contribution is -0.150. The van der Waals surface area contributed by atoms with Gasteiger partial charge in [-0.05, 0) is 45.7 Å². The largest absolute Gasteiger partial charge is 0.481 e. The number of nitrogens with one attached hydrogen (secondary N) is 1. The Morgan fingerprint density at radius 1 is 1.35 bits per heavy atom. The van der Waals surface area contributed by atoms with Crippen LogP contribution >= 0.6 is 0 Å². The van der Waals surface area contributed by atoms with E-state index < -0.39 is 11.4 Å². The summed E-state index contributed by atoms with van der Waals surface area (Å²) in [6, 6.07) is 0.400. The van der Waals surface area contributed by atoms with Gasteiger partial charge in [-0.3, -0.25) is 14.5 Å². The van der Waals surface area contributed by atoms with Crippen LogP contribution in [0.1, 0.15) is 32.6 Å². The molecule has 5 nitrogen and oxygen atoms in total. The Hall–Kier alpha value is -1.10. The van der Waals surface area contributed by atoms with Crippen molar-refractivity contribution in [3.63, 3.8) is 0 Å². The molecule has 17 heavy (non-hydrogen) atoms. The molecule has 1 saturated heterocycles. The van der Waals surface area contributed by atoms with Crippen LogP contribution in [-0.4, -0.2) is 47.6 Å². The molecule has 1 aliphatic heterocycles. The van der Waals surface area contributed by atoms with Gasteiger partial charge in [-0.25, -0.2) is 0 Å². The quantitative estimate of drug-likeness (QED) is 0.748. The Morgan fingerprint density at radius 3 is 2.41 bits per heavy atom. The van der Waals surface area contributed by atoms with Gasteiger partial charge in [0, 0.05) is 6.04 Å². The first kappa shape index (κ1) is 12.4. The summed E-state index contributed by atoms with van der Waals surface area (Å²) in [6.45, 7) is 3.59. The van der Waals surface area contributed by atoms with Crippen LogP contribution in [0.4, 0.5) is 0 Å². The van der Waals surface area contributed by atoms with Crippen LogP contribution in [0.25, 0.3) is 0 Å². The minimum atomic E-state index is -0.723. The minimum Gasteiger partial charge on any atom is -0.481 e. The van der Waals surface area contributed by atoms with Gasteiger partial charge in [-0.15, -0.1) is 0 Å². The Labute approximate surface area is 101 Å². The van der Waals surface area contributed by atoms with Gasteiger partial charge in [0.1, 0.15) is 0 Å². The summed E-state index contributed by atoms with van der Waals surface area (Å²) in [7, 11) is 0. The van der Waals surface area contributed by atoms with E-state index >= 15 is 0 Å². The smallest absolute Gasteiger partial charge is 0.309 e. The second-order valence-corrected chi connectivity index (χ2v) is 5.48. The molecule has 2 aliphatic rings. The van der Waals surface area contributed by atoms with Crippen LogP contribution in [0, 0.1) is 5.41 Å². The highest BCUT2D eigenvalue weighted by Gasteiger charge is 2.37. The van der Waals surface area contributed by atoms with Crippen molar-refractivity contribution in [3.8, 4) is 0 Å². The maximum atomic E-state index is 11.6. The van der Waals surface area contributed by atoms with Crippen molar-refractivity contribution < 1.29 is 14.7 Å². The van der Waals surface area contributed by atoms with E-state index in [1.807, 2.05) is 4.90 Å². The molecule has 2 rings (SSSR count). The Balaban J connectivity index is 1.74. The second-order valence-electron chi connectivity index (χ2n) is 5.48. The summed E-state index contributed by atoms with van der Waals surface area (Å²) < 4.78 is 0. The number of hydrogen-bond acceptors (Lipinski definition) is 3. The lowest BCUT2D eigenvalue weighted by Gasteiger charge is -2.36. The summed E-state index contributed by atoms with van der Waals surface area (Å²) in [5, 5.41) is 12.0. The Kier molecular flexibility index (Phi) is 3.38. The number of carboxylic acids is 1. The van der Waals surface area contributed by atoms with Crippen LogP contribution < -0.4 is 5.32 Å². The molecule has 1 saturated carbocycles. The molecular formula is C12H20N2O3. The zero-order valence-electron chi connectivity index (χ0n) is 10.2. The van der Waals surface area contributed by atoms with Crippen molar-refractivity contribution in [3.05, 3.63) is 0 Å². The highest BCUT2D eigenvalue weighted by molar-refractivity contribution is 5.78. The standard InChI is InChI=1S/C12H20N2O3/c1-12(11(16)17)4-6-14(7-5-12)8-10(15)13-9-2-3-9/h9H,2-8H2,1H3,(H,13,15)(H,16,17). The number of nitrogens with zero attached hydrogens (tertiary/aromatic N) is 1. The SMILES string of the molecule is CC1(C(=O)O)CCN(CC(=O)NC2CC2)CC1. The summed E-state index contributed by atoms with van der Waals surface area (Å²) in [5.41, 5.74) is -0.608. The lowest BCUT2D eigenvalue weighted by atomic mass is 9.80. The van der Waals surface area contributed by atoms with Crippen molar-refractivity contribution in [2.24, 2.45) is 5.41 Å². The summed E-state index contributed by atoms with van der Waals surface area (Å²) in [5.74, 6) is -0.647. The Morgan fingerprint density at radius 2 is 1.94 bits per heavy atom. The highest BCUT2D eigenvalue weighted by Crippen LogP contribution is 2.30. The molecule has 0 spiro atoms. The van der Waals surface area contributed by atoms with Crippen LogP contribution in [0.3, 0.4) is 0 Å². The molecule has 0 aromatic carbocycles. The number of rotatable bonds is 4. The number of likely N-dealkylation sites (tertiary alicyclic amines) is 1. The second kappa shape index (κ2) is 4.64. The molecule has 0 aromatic heterocycles. The molecule has 5 heteroatoms. The van der Waals surface area contributed by atoms with Gasteiger partial charge in [0.2, 0.25) is 5.91 Å². The number of carboxylic acid groups (broad SMARTS) is 1. The van der Waals surface area contributed by atoms with Gasteiger partial charge in [0.25, 0.3) is 0 Å².